The van der Waals surface area contributed by atoms with Crippen molar-refractivity contribution in [1.82, 2.24) is 14.8 Å². The van der Waals surface area contributed by atoms with Crippen molar-refractivity contribution in [2.45, 2.75) is 6.54 Å². The first-order chi connectivity index (χ1) is 6.56. The molecule has 0 unspecified atom stereocenters. The zero-order valence-electron chi connectivity index (χ0n) is 6.86. The minimum Gasteiger partial charge on any atom is -0.390 e. The van der Waals surface area contributed by atoms with Crippen molar-refractivity contribution in [3.05, 3.63) is 20.2 Å². The van der Waals surface area contributed by atoms with Gasteiger partial charge in [0.05, 0.1) is 5.10 Å². The molecule has 1 aromatic rings. The second-order valence-electron chi connectivity index (χ2n) is 2.24. The van der Waals surface area contributed by atoms with Crippen LogP contribution in [0.4, 0.5) is 11.9 Å². The zero-order chi connectivity index (χ0) is 10.7. The highest BCUT2D eigenvalue weighted by atomic mass is 16.6. The Hall–Kier alpha value is -2.10. The van der Waals surface area contributed by atoms with Crippen molar-refractivity contribution in [3.8, 4) is 0 Å². The van der Waals surface area contributed by atoms with Crippen LogP contribution >= 0.6 is 0 Å². The van der Waals surface area contributed by atoms with Crippen molar-refractivity contribution in [2.75, 3.05) is 6.54 Å². The molecule has 0 saturated carbocycles. The van der Waals surface area contributed by atoms with Crippen LogP contribution < -0.4 is 5.73 Å². The Morgan fingerprint density at radius 2 is 2.00 bits per heavy atom. The topological polar surface area (TPSA) is 143 Å². The fourth-order valence-electron chi connectivity index (χ4n) is 0.807. The van der Waals surface area contributed by atoms with Crippen molar-refractivity contribution in [2.24, 2.45) is 5.73 Å². The molecule has 0 aliphatic rings. The summed E-state index contributed by atoms with van der Waals surface area (Å²) in [6, 6.07) is 0. The van der Waals surface area contributed by atoms with Crippen molar-refractivity contribution < 1.29 is 9.85 Å². The van der Waals surface area contributed by atoms with E-state index in [9.17, 15) is 20.2 Å². The summed E-state index contributed by atoms with van der Waals surface area (Å²) in [6.07, 6.45) is 0. The van der Waals surface area contributed by atoms with Crippen LogP contribution in [-0.4, -0.2) is 31.2 Å². The van der Waals surface area contributed by atoms with Crippen molar-refractivity contribution >= 4 is 11.9 Å². The van der Waals surface area contributed by atoms with E-state index in [-0.39, 0.29) is 13.1 Å². The van der Waals surface area contributed by atoms with Crippen LogP contribution in [-0.2, 0) is 6.54 Å². The minimum absolute atomic E-state index is 0.0111. The highest BCUT2D eigenvalue weighted by Crippen LogP contribution is 2.12. The van der Waals surface area contributed by atoms with E-state index in [0.717, 1.165) is 4.68 Å². The Balaban J connectivity index is 3.12. The summed E-state index contributed by atoms with van der Waals surface area (Å²) in [6.45, 7) is 0.0957. The Labute approximate surface area is 76.6 Å². The largest absolute Gasteiger partial charge is 0.508 e. The average Bonchev–Trinajstić information content (AvgIpc) is 2.49. The maximum atomic E-state index is 10.4. The molecule has 10 nitrogen and oxygen atoms in total. The number of nitro groups is 2. The van der Waals surface area contributed by atoms with Crippen LogP contribution in [0.2, 0.25) is 0 Å². The van der Waals surface area contributed by atoms with Gasteiger partial charge < -0.3 is 26.0 Å². The maximum Gasteiger partial charge on any atom is 0.508 e. The monoisotopic (exact) mass is 202 g/mol. The Kier molecular flexibility index (Phi) is 2.67. The normalized spacial score (nSPS) is 10.1. The van der Waals surface area contributed by atoms with Gasteiger partial charge in [0.15, 0.2) is 0 Å². The average molecular weight is 202 g/mol. The van der Waals surface area contributed by atoms with Crippen LogP contribution in [0.3, 0.4) is 0 Å². The van der Waals surface area contributed by atoms with E-state index in [2.05, 4.69) is 10.1 Å². The predicted octanol–water partition coefficient (Wildman–Crippen LogP) is -0.947. The molecule has 1 heterocycles. The molecule has 0 bridgehead atoms. The van der Waals surface area contributed by atoms with Crippen LogP contribution in [0.1, 0.15) is 0 Å². The van der Waals surface area contributed by atoms with Gasteiger partial charge in [0, 0.05) is 11.5 Å². The first-order valence-corrected chi connectivity index (χ1v) is 3.50. The molecule has 0 spiro atoms. The van der Waals surface area contributed by atoms with E-state index in [1.807, 2.05) is 0 Å². The molecule has 14 heavy (non-hydrogen) atoms. The summed E-state index contributed by atoms with van der Waals surface area (Å²) >= 11 is 0. The molecule has 1 rings (SSSR count). The quantitative estimate of drug-likeness (QED) is 0.489. The molecular weight excluding hydrogens is 196 g/mol. The molecular formula is C4H6N6O4. The predicted molar refractivity (Wildman–Crippen MR) is 42.4 cm³/mol. The van der Waals surface area contributed by atoms with Crippen LogP contribution in [0.25, 0.3) is 0 Å². The van der Waals surface area contributed by atoms with Gasteiger partial charge in [0.1, 0.15) is 6.54 Å². The number of aromatic nitrogens is 3. The van der Waals surface area contributed by atoms with Gasteiger partial charge >= 0.3 is 11.9 Å². The van der Waals surface area contributed by atoms with E-state index in [0.29, 0.717) is 0 Å². The summed E-state index contributed by atoms with van der Waals surface area (Å²) < 4.78 is 0.790. The lowest BCUT2D eigenvalue weighted by Gasteiger charge is -1.91. The molecule has 76 valence electrons. The summed E-state index contributed by atoms with van der Waals surface area (Å²) in [4.78, 5) is 21.9. The van der Waals surface area contributed by atoms with E-state index >= 15 is 0 Å². The molecule has 0 aliphatic heterocycles. The first-order valence-electron chi connectivity index (χ1n) is 3.50. The van der Waals surface area contributed by atoms with Gasteiger partial charge in [-0.3, -0.25) is 0 Å². The Morgan fingerprint density at radius 1 is 1.36 bits per heavy atom. The van der Waals surface area contributed by atoms with E-state index in [1.54, 1.807) is 0 Å². The number of rotatable bonds is 4. The van der Waals surface area contributed by atoms with E-state index < -0.39 is 21.7 Å². The maximum absolute atomic E-state index is 10.4. The lowest BCUT2D eigenvalue weighted by molar-refractivity contribution is -0.404. The summed E-state index contributed by atoms with van der Waals surface area (Å²) in [7, 11) is 0. The number of hydrogen-bond acceptors (Lipinski definition) is 7. The molecule has 0 amide bonds. The molecule has 2 N–H and O–H groups in total. The standard InChI is InChI=1S/C4H6N6O4/c5-1-2-8-4(10(13)14)6-3(7-8)9(11)12/h1-2,5H2. The van der Waals surface area contributed by atoms with Gasteiger partial charge in [-0.2, -0.15) is 0 Å². The Bertz CT molecular complexity index is 372. The SMILES string of the molecule is NCCn1nc([N+](=O)[O-])nc1[N+](=O)[O-]. The third-order valence-corrected chi connectivity index (χ3v) is 1.31. The highest BCUT2D eigenvalue weighted by molar-refractivity contribution is 5.13. The van der Waals surface area contributed by atoms with Crippen molar-refractivity contribution in [1.29, 1.82) is 0 Å². The first kappa shape index (κ1) is 9.98. The molecule has 0 fully saturated rings. The third-order valence-electron chi connectivity index (χ3n) is 1.31. The van der Waals surface area contributed by atoms with Crippen molar-refractivity contribution in [3.63, 3.8) is 0 Å². The highest BCUT2D eigenvalue weighted by Gasteiger charge is 2.27. The van der Waals surface area contributed by atoms with Gasteiger partial charge in [0.2, 0.25) is 0 Å². The molecule has 0 atom stereocenters. The summed E-state index contributed by atoms with van der Waals surface area (Å²) in [5.74, 6) is -1.48. The van der Waals surface area contributed by atoms with E-state index in [1.165, 1.54) is 0 Å². The van der Waals surface area contributed by atoms with Crippen LogP contribution in [0, 0.1) is 20.2 Å². The molecule has 0 aliphatic carbocycles. The molecule has 0 saturated heterocycles. The molecule has 10 heteroatoms. The summed E-state index contributed by atoms with van der Waals surface area (Å²) in [5.41, 5.74) is 5.13. The molecule has 0 aromatic carbocycles. The van der Waals surface area contributed by atoms with Crippen LogP contribution in [0.15, 0.2) is 0 Å². The molecule has 1 aromatic heterocycles. The van der Waals surface area contributed by atoms with Gasteiger partial charge in [-0.15, -0.1) is 0 Å². The van der Waals surface area contributed by atoms with E-state index in [4.69, 9.17) is 5.73 Å². The fourth-order valence-corrected chi connectivity index (χ4v) is 0.807. The smallest absolute Gasteiger partial charge is 0.390 e. The fraction of sp³-hybridized carbons (Fsp3) is 0.500. The minimum atomic E-state index is -0.903. The van der Waals surface area contributed by atoms with Gasteiger partial charge in [0.25, 0.3) is 0 Å². The van der Waals surface area contributed by atoms with Crippen LogP contribution in [0.5, 0.6) is 0 Å². The molecule has 0 radical (unpaired) electrons. The lowest BCUT2D eigenvalue weighted by atomic mass is 10.6. The number of nitrogens with zero attached hydrogens (tertiary/aromatic N) is 5. The number of nitrogens with two attached hydrogens (primary N) is 1. The zero-order valence-corrected chi connectivity index (χ0v) is 6.86. The van der Waals surface area contributed by atoms with Gasteiger partial charge in [-0.1, -0.05) is 4.68 Å². The Morgan fingerprint density at radius 3 is 2.43 bits per heavy atom. The van der Waals surface area contributed by atoms with Gasteiger partial charge in [-0.25, -0.2) is 0 Å². The third kappa shape index (κ3) is 1.80. The second-order valence-corrected chi connectivity index (χ2v) is 2.24. The van der Waals surface area contributed by atoms with Gasteiger partial charge in [-0.05, 0) is 9.85 Å². The number of hydrogen-bond donors (Lipinski definition) is 1. The second kappa shape index (κ2) is 3.74. The lowest BCUT2D eigenvalue weighted by Crippen LogP contribution is -2.13. The summed E-state index contributed by atoms with van der Waals surface area (Å²) in [5, 5.41) is 23.9.